The molecule has 2 heterocycles. The highest BCUT2D eigenvalue weighted by atomic mass is 35.5. The number of Topliss-reactive ketones (excluding diaryl/α,β-unsaturated/α-hetero) is 1. The van der Waals surface area contributed by atoms with Gasteiger partial charge in [0.25, 0.3) is 5.60 Å². The molecule has 4 nitrogen and oxygen atoms in total. The Bertz CT molecular complexity index is 1180. The molecule has 0 saturated heterocycles. The number of alkyl halides is 3. The standard InChI is InChI=1S/C24H19Cl2F3N2O2/c1-14-9-15(4-6-20(14)22(32)7-5-19-3-2-8-30-19)21-13-23(33-31-21,24(27,28)29)16-10-17(25)12-18(26)11-16/h3-4,6,8-12H,2,5,7,13H2,1H3. The number of hydrogen-bond acceptors (Lipinski definition) is 4. The zero-order chi connectivity index (χ0) is 23.8. The van der Waals surface area contributed by atoms with E-state index >= 15 is 0 Å². The first-order chi connectivity index (χ1) is 15.6. The van der Waals surface area contributed by atoms with Crippen LogP contribution in [-0.2, 0) is 10.4 Å². The largest absolute Gasteiger partial charge is 0.435 e. The van der Waals surface area contributed by atoms with Crippen molar-refractivity contribution in [3.63, 3.8) is 0 Å². The Labute approximate surface area is 198 Å². The van der Waals surface area contributed by atoms with Crippen LogP contribution in [0.2, 0.25) is 10.0 Å². The number of oxime groups is 1. The number of carbonyl (C=O) groups is 1. The van der Waals surface area contributed by atoms with Crippen molar-refractivity contribution >= 4 is 40.9 Å². The molecular weight excluding hydrogens is 476 g/mol. The average molecular weight is 495 g/mol. The molecule has 0 amide bonds. The fourth-order valence-electron chi connectivity index (χ4n) is 3.96. The van der Waals surface area contributed by atoms with Gasteiger partial charge >= 0.3 is 6.18 Å². The molecule has 172 valence electrons. The molecule has 2 aromatic rings. The highest BCUT2D eigenvalue weighted by Crippen LogP contribution is 2.49. The second kappa shape index (κ2) is 8.95. The molecule has 2 aliphatic heterocycles. The maximum absolute atomic E-state index is 14.2. The molecule has 33 heavy (non-hydrogen) atoms. The first kappa shape index (κ1) is 23.5. The summed E-state index contributed by atoms with van der Waals surface area (Å²) in [5, 5.41) is 3.90. The number of hydrogen-bond donors (Lipinski definition) is 0. The lowest BCUT2D eigenvalue weighted by Crippen LogP contribution is -2.42. The van der Waals surface area contributed by atoms with Gasteiger partial charge in [0.05, 0.1) is 5.71 Å². The van der Waals surface area contributed by atoms with E-state index in [1.165, 1.54) is 18.2 Å². The van der Waals surface area contributed by atoms with Crippen molar-refractivity contribution in [3.05, 3.63) is 80.5 Å². The first-order valence-electron chi connectivity index (χ1n) is 10.2. The summed E-state index contributed by atoms with van der Waals surface area (Å²) >= 11 is 11.9. The van der Waals surface area contributed by atoms with Crippen LogP contribution in [0.25, 0.3) is 0 Å². The lowest BCUT2D eigenvalue weighted by Gasteiger charge is -2.29. The molecule has 0 N–H and O–H groups in total. The third-order valence-corrected chi connectivity index (χ3v) is 6.14. The average Bonchev–Trinajstić information content (AvgIpc) is 3.41. The lowest BCUT2D eigenvalue weighted by atomic mass is 9.86. The first-order valence-corrected chi connectivity index (χ1v) is 11.0. The number of aliphatic imine (C=N–C) groups is 1. The van der Waals surface area contributed by atoms with Crippen LogP contribution in [-0.4, -0.2) is 23.9 Å². The molecule has 0 bridgehead atoms. The molecule has 1 unspecified atom stereocenters. The minimum atomic E-state index is -4.77. The van der Waals surface area contributed by atoms with Crippen molar-refractivity contribution in [1.29, 1.82) is 0 Å². The summed E-state index contributed by atoms with van der Waals surface area (Å²) in [4.78, 5) is 21.9. The Hall–Kier alpha value is -2.64. The van der Waals surface area contributed by atoms with Gasteiger partial charge in [-0.1, -0.05) is 46.6 Å². The van der Waals surface area contributed by atoms with Gasteiger partial charge < -0.3 is 4.84 Å². The molecule has 2 aliphatic rings. The van der Waals surface area contributed by atoms with Crippen LogP contribution in [0.5, 0.6) is 0 Å². The van der Waals surface area contributed by atoms with Gasteiger partial charge in [0, 0.05) is 52.3 Å². The monoisotopic (exact) mass is 494 g/mol. The molecule has 0 saturated carbocycles. The Balaban J connectivity index is 1.56. The van der Waals surface area contributed by atoms with Crippen LogP contribution in [0.1, 0.15) is 52.7 Å². The molecule has 2 aromatic carbocycles. The van der Waals surface area contributed by atoms with Gasteiger partial charge in [0.2, 0.25) is 0 Å². The smallest absolute Gasteiger partial charge is 0.374 e. The van der Waals surface area contributed by atoms with Crippen molar-refractivity contribution in [3.8, 4) is 0 Å². The van der Waals surface area contributed by atoms with Gasteiger partial charge in [-0.05, 0) is 48.7 Å². The quantitative estimate of drug-likeness (QED) is 0.398. The number of nitrogens with zero attached hydrogens (tertiary/aromatic N) is 2. The van der Waals surface area contributed by atoms with Crippen molar-refractivity contribution in [1.82, 2.24) is 0 Å². The van der Waals surface area contributed by atoms with E-state index in [0.717, 1.165) is 12.1 Å². The summed E-state index contributed by atoms with van der Waals surface area (Å²) in [6, 6.07) is 8.56. The zero-order valence-corrected chi connectivity index (χ0v) is 19.1. The minimum Gasteiger partial charge on any atom is -0.374 e. The Morgan fingerprint density at radius 2 is 1.88 bits per heavy atom. The fourth-order valence-corrected chi connectivity index (χ4v) is 4.48. The number of benzene rings is 2. The third-order valence-electron chi connectivity index (χ3n) is 5.70. The third kappa shape index (κ3) is 4.70. The summed E-state index contributed by atoms with van der Waals surface area (Å²) in [7, 11) is 0. The van der Waals surface area contributed by atoms with Gasteiger partial charge in [-0.15, -0.1) is 0 Å². The predicted octanol–water partition coefficient (Wildman–Crippen LogP) is 7.21. The summed E-state index contributed by atoms with van der Waals surface area (Å²) < 4.78 is 42.5. The lowest BCUT2D eigenvalue weighted by molar-refractivity contribution is -0.275. The van der Waals surface area contributed by atoms with E-state index in [1.54, 1.807) is 31.3 Å². The minimum absolute atomic E-state index is 0.0510. The second-order valence-corrected chi connectivity index (χ2v) is 8.86. The van der Waals surface area contributed by atoms with Crippen LogP contribution in [0.15, 0.2) is 58.3 Å². The van der Waals surface area contributed by atoms with Crippen molar-refractivity contribution in [2.75, 3.05) is 0 Å². The van der Waals surface area contributed by atoms with E-state index in [9.17, 15) is 18.0 Å². The van der Waals surface area contributed by atoms with Crippen LogP contribution in [0.3, 0.4) is 0 Å². The van der Waals surface area contributed by atoms with E-state index in [1.807, 2.05) is 6.08 Å². The number of carbonyl (C=O) groups excluding carboxylic acids is 1. The van der Waals surface area contributed by atoms with Crippen LogP contribution in [0.4, 0.5) is 13.2 Å². The van der Waals surface area contributed by atoms with Crippen LogP contribution >= 0.6 is 23.2 Å². The van der Waals surface area contributed by atoms with Gasteiger partial charge in [-0.2, -0.15) is 13.2 Å². The highest BCUT2D eigenvalue weighted by molar-refractivity contribution is 6.34. The molecule has 0 aromatic heterocycles. The van der Waals surface area contributed by atoms with Gasteiger partial charge in [0.1, 0.15) is 0 Å². The Kier molecular flexibility index (Phi) is 6.38. The van der Waals surface area contributed by atoms with E-state index in [2.05, 4.69) is 10.1 Å². The fraction of sp³-hybridized carbons (Fsp3) is 0.292. The maximum Gasteiger partial charge on any atom is 0.435 e. The SMILES string of the molecule is Cc1cc(C2=NOC(c3cc(Cl)cc(Cl)c3)(C(F)(F)F)C2)ccc1C(=O)CCC1=CCC=N1. The van der Waals surface area contributed by atoms with Crippen molar-refractivity contribution < 1.29 is 22.8 Å². The molecule has 4 rings (SSSR count). The molecule has 0 fully saturated rings. The zero-order valence-electron chi connectivity index (χ0n) is 17.5. The maximum atomic E-state index is 14.2. The van der Waals surface area contributed by atoms with E-state index in [0.29, 0.717) is 29.5 Å². The topological polar surface area (TPSA) is 51.0 Å². The van der Waals surface area contributed by atoms with Gasteiger partial charge in [-0.3, -0.25) is 9.79 Å². The number of halogens is 5. The van der Waals surface area contributed by atoms with Crippen LogP contribution in [0, 0.1) is 6.92 Å². The number of ketones is 1. The summed E-state index contributed by atoms with van der Waals surface area (Å²) in [5.74, 6) is -0.0510. The van der Waals surface area contributed by atoms with Crippen LogP contribution < -0.4 is 0 Å². The molecule has 1 atom stereocenters. The second-order valence-electron chi connectivity index (χ2n) is 7.98. The molecular formula is C24H19Cl2F3N2O2. The number of rotatable bonds is 6. The van der Waals surface area contributed by atoms with Crippen molar-refractivity contribution in [2.24, 2.45) is 10.1 Å². The molecule has 9 heteroatoms. The molecule has 0 spiro atoms. The Morgan fingerprint density at radius 1 is 1.15 bits per heavy atom. The highest BCUT2D eigenvalue weighted by Gasteiger charge is 2.62. The number of aryl methyl sites for hydroxylation is 1. The van der Waals surface area contributed by atoms with Gasteiger partial charge in [-0.25, -0.2) is 0 Å². The van der Waals surface area contributed by atoms with E-state index in [-0.39, 0.29) is 27.1 Å². The Morgan fingerprint density at radius 3 is 2.48 bits per heavy atom. The van der Waals surface area contributed by atoms with E-state index in [4.69, 9.17) is 28.0 Å². The summed E-state index contributed by atoms with van der Waals surface area (Å²) in [6.45, 7) is 1.74. The van der Waals surface area contributed by atoms with E-state index < -0.39 is 18.2 Å². The number of allylic oxidation sites excluding steroid dienone is 2. The van der Waals surface area contributed by atoms with Crippen molar-refractivity contribution in [2.45, 2.75) is 44.4 Å². The predicted molar refractivity (Wildman–Crippen MR) is 122 cm³/mol. The van der Waals surface area contributed by atoms with Gasteiger partial charge in [0.15, 0.2) is 5.78 Å². The summed E-state index contributed by atoms with van der Waals surface area (Å²) in [5.41, 5.74) is -0.293. The summed E-state index contributed by atoms with van der Waals surface area (Å²) in [6.07, 6.45) is 0.0838. The molecule has 0 radical (unpaired) electrons. The normalized spacial score (nSPS) is 19.9. The molecule has 0 aliphatic carbocycles.